The zero-order valence-electron chi connectivity index (χ0n) is 14.0. The van der Waals surface area contributed by atoms with E-state index < -0.39 is 0 Å². The third-order valence-corrected chi connectivity index (χ3v) is 4.78. The number of aryl methyl sites for hydroxylation is 1. The van der Waals surface area contributed by atoms with Gasteiger partial charge in [-0.2, -0.15) is 5.10 Å². The smallest absolute Gasteiger partial charge is 0.225 e. The predicted molar refractivity (Wildman–Crippen MR) is 96.6 cm³/mol. The molecule has 2 aromatic heterocycles. The lowest BCUT2D eigenvalue weighted by Gasteiger charge is -2.20. The van der Waals surface area contributed by atoms with Crippen molar-refractivity contribution in [2.24, 2.45) is 0 Å². The van der Waals surface area contributed by atoms with Gasteiger partial charge in [-0.25, -0.2) is 0 Å². The average Bonchev–Trinajstić information content (AvgIpc) is 3.29. The number of benzene rings is 1. The molecule has 0 unspecified atom stereocenters. The van der Waals surface area contributed by atoms with Crippen molar-refractivity contribution >= 4 is 22.6 Å². The Kier molecular flexibility index (Phi) is 4.52. The van der Waals surface area contributed by atoms with Gasteiger partial charge in [-0.1, -0.05) is 6.07 Å². The van der Waals surface area contributed by atoms with Crippen molar-refractivity contribution in [3.63, 3.8) is 0 Å². The molecule has 130 valence electrons. The Bertz CT molecular complexity index is 861. The molecular formula is C19H22N4O2. The summed E-state index contributed by atoms with van der Waals surface area (Å²) in [5, 5.41) is 11.3. The zero-order valence-corrected chi connectivity index (χ0v) is 14.0. The molecule has 6 heteroatoms. The van der Waals surface area contributed by atoms with Gasteiger partial charge >= 0.3 is 0 Å². The van der Waals surface area contributed by atoms with Crippen molar-refractivity contribution in [1.82, 2.24) is 15.2 Å². The van der Waals surface area contributed by atoms with Crippen LogP contribution in [0.1, 0.15) is 36.4 Å². The number of amides is 1. The summed E-state index contributed by atoms with van der Waals surface area (Å²) in [4.78, 5) is 15.4. The van der Waals surface area contributed by atoms with E-state index in [4.69, 9.17) is 4.74 Å². The Labute approximate surface area is 146 Å². The molecule has 1 aromatic carbocycles. The van der Waals surface area contributed by atoms with E-state index in [1.165, 1.54) is 5.39 Å². The zero-order chi connectivity index (χ0) is 17.1. The molecule has 3 N–H and O–H groups in total. The number of rotatable bonds is 5. The normalized spacial score (nSPS) is 15.5. The minimum atomic E-state index is -0.0146. The number of nitrogens with one attached hydrogen (secondary N) is 3. The summed E-state index contributed by atoms with van der Waals surface area (Å²) < 4.78 is 5.38. The van der Waals surface area contributed by atoms with Crippen molar-refractivity contribution < 1.29 is 9.53 Å². The van der Waals surface area contributed by atoms with E-state index in [9.17, 15) is 4.79 Å². The van der Waals surface area contributed by atoms with E-state index in [1.807, 2.05) is 18.3 Å². The van der Waals surface area contributed by atoms with Crippen LogP contribution in [0.15, 0.2) is 36.5 Å². The average molecular weight is 338 g/mol. The van der Waals surface area contributed by atoms with Crippen molar-refractivity contribution in [3.8, 4) is 0 Å². The molecule has 1 aliphatic heterocycles. The highest BCUT2D eigenvalue weighted by Crippen LogP contribution is 2.26. The molecule has 0 bridgehead atoms. The first-order valence-electron chi connectivity index (χ1n) is 8.77. The fourth-order valence-corrected chi connectivity index (χ4v) is 3.34. The number of aromatic nitrogens is 3. The Hall–Kier alpha value is -2.60. The van der Waals surface area contributed by atoms with Gasteiger partial charge < -0.3 is 15.0 Å². The highest BCUT2D eigenvalue weighted by molar-refractivity contribution is 5.90. The Balaban J connectivity index is 1.31. The lowest BCUT2D eigenvalue weighted by molar-refractivity contribution is -0.116. The topological polar surface area (TPSA) is 82.8 Å². The molecule has 0 atom stereocenters. The number of carbonyl (C=O) groups excluding carboxylic acids is 1. The van der Waals surface area contributed by atoms with Gasteiger partial charge in [0.15, 0.2) is 5.82 Å². The number of fused-ring (bicyclic) bond motifs is 1. The third kappa shape index (κ3) is 3.74. The number of H-pyrrole nitrogens is 2. The predicted octanol–water partition coefficient (Wildman–Crippen LogP) is 3.36. The summed E-state index contributed by atoms with van der Waals surface area (Å²) in [5.74, 6) is 1.03. The number of aromatic amines is 2. The molecule has 1 saturated heterocycles. The molecule has 1 fully saturated rings. The van der Waals surface area contributed by atoms with Crippen LogP contribution in [0.4, 0.5) is 5.82 Å². The summed E-state index contributed by atoms with van der Waals surface area (Å²) >= 11 is 0. The Morgan fingerprint density at radius 1 is 1.24 bits per heavy atom. The number of nitrogens with zero attached hydrogens (tertiary/aromatic N) is 1. The number of hydrogen-bond acceptors (Lipinski definition) is 3. The van der Waals surface area contributed by atoms with Crippen molar-refractivity contribution in [2.45, 2.75) is 31.6 Å². The molecule has 3 heterocycles. The van der Waals surface area contributed by atoms with Gasteiger partial charge in [0.2, 0.25) is 5.91 Å². The maximum atomic E-state index is 12.2. The fourth-order valence-electron chi connectivity index (χ4n) is 3.34. The van der Waals surface area contributed by atoms with Gasteiger partial charge in [0.25, 0.3) is 0 Å². The molecule has 3 aromatic rings. The summed E-state index contributed by atoms with van der Waals surface area (Å²) in [6.45, 7) is 1.58. The van der Waals surface area contributed by atoms with Gasteiger partial charge in [0.1, 0.15) is 0 Å². The van der Waals surface area contributed by atoms with Crippen LogP contribution in [0.2, 0.25) is 0 Å². The second-order valence-electron chi connectivity index (χ2n) is 6.54. The molecule has 0 saturated carbocycles. The first-order chi connectivity index (χ1) is 12.3. The van der Waals surface area contributed by atoms with Crippen molar-refractivity contribution in [3.05, 3.63) is 47.8 Å². The summed E-state index contributed by atoms with van der Waals surface area (Å²) in [6.07, 6.45) is 5.07. The van der Waals surface area contributed by atoms with Gasteiger partial charge in [0.05, 0.1) is 0 Å². The van der Waals surface area contributed by atoms with Crippen molar-refractivity contribution in [2.75, 3.05) is 18.5 Å². The largest absolute Gasteiger partial charge is 0.381 e. The fraction of sp³-hybridized carbons (Fsp3) is 0.368. The highest BCUT2D eigenvalue weighted by atomic mass is 16.5. The third-order valence-electron chi connectivity index (χ3n) is 4.78. The lowest BCUT2D eigenvalue weighted by atomic mass is 9.97. The number of carbonyl (C=O) groups is 1. The van der Waals surface area contributed by atoms with E-state index in [0.717, 1.165) is 42.8 Å². The molecule has 25 heavy (non-hydrogen) atoms. The molecule has 0 spiro atoms. The number of ether oxygens (including phenoxy) is 1. The summed E-state index contributed by atoms with van der Waals surface area (Å²) in [7, 11) is 0. The molecule has 0 radical (unpaired) electrons. The van der Waals surface area contributed by atoms with Gasteiger partial charge in [-0.3, -0.25) is 9.89 Å². The van der Waals surface area contributed by atoms with Crippen LogP contribution in [-0.2, 0) is 16.0 Å². The maximum absolute atomic E-state index is 12.2. The van der Waals surface area contributed by atoms with Crippen LogP contribution in [0.25, 0.3) is 10.9 Å². The first-order valence-corrected chi connectivity index (χ1v) is 8.77. The standard InChI is InChI=1S/C19H22N4O2/c24-19(4-2-13-1-3-16-15(11-13)5-8-20-16)21-18-12-17(22-23-18)14-6-9-25-10-7-14/h1,3,5,8,11-12,14,20H,2,4,6-7,9-10H2,(H2,21,22,23,24). The first kappa shape index (κ1) is 15.9. The second-order valence-corrected chi connectivity index (χ2v) is 6.54. The highest BCUT2D eigenvalue weighted by Gasteiger charge is 2.18. The molecule has 4 rings (SSSR count). The molecule has 6 nitrogen and oxygen atoms in total. The minimum Gasteiger partial charge on any atom is -0.381 e. The molecule has 1 amide bonds. The van der Waals surface area contributed by atoms with Gasteiger partial charge in [0, 0.05) is 49.0 Å². The second kappa shape index (κ2) is 7.11. The van der Waals surface area contributed by atoms with E-state index in [1.54, 1.807) is 0 Å². The number of anilines is 1. The number of hydrogen-bond donors (Lipinski definition) is 3. The summed E-state index contributed by atoms with van der Waals surface area (Å²) in [6, 6.07) is 10.2. The maximum Gasteiger partial charge on any atom is 0.225 e. The summed E-state index contributed by atoms with van der Waals surface area (Å²) in [5.41, 5.74) is 3.36. The molecule has 1 aliphatic rings. The molecular weight excluding hydrogens is 316 g/mol. The van der Waals surface area contributed by atoms with Crippen LogP contribution in [0, 0.1) is 0 Å². The lowest BCUT2D eigenvalue weighted by Crippen LogP contribution is -2.14. The van der Waals surface area contributed by atoms with Crippen molar-refractivity contribution in [1.29, 1.82) is 0 Å². The van der Waals surface area contributed by atoms with Gasteiger partial charge in [-0.05, 0) is 48.4 Å². The van der Waals surface area contributed by atoms with Crippen LogP contribution in [0.5, 0.6) is 0 Å². The van der Waals surface area contributed by atoms with Crippen LogP contribution in [-0.4, -0.2) is 34.3 Å². The SMILES string of the molecule is O=C(CCc1ccc2[nH]ccc2c1)Nc1cc(C2CCOCC2)[nH]n1. The van der Waals surface area contributed by atoms with E-state index in [-0.39, 0.29) is 5.91 Å². The van der Waals surface area contributed by atoms with Gasteiger partial charge in [-0.15, -0.1) is 0 Å². The van der Waals surface area contributed by atoms with Crippen LogP contribution >= 0.6 is 0 Å². The van der Waals surface area contributed by atoms with Crippen LogP contribution in [0.3, 0.4) is 0 Å². The monoisotopic (exact) mass is 338 g/mol. The van der Waals surface area contributed by atoms with E-state index in [0.29, 0.717) is 24.6 Å². The van der Waals surface area contributed by atoms with Crippen LogP contribution < -0.4 is 5.32 Å². The minimum absolute atomic E-state index is 0.0146. The Morgan fingerprint density at radius 2 is 2.12 bits per heavy atom. The van der Waals surface area contributed by atoms with E-state index >= 15 is 0 Å². The van der Waals surface area contributed by atoms with E-state index in [2.05, 4.69) is 38.7 Å². The Morgan fingerprint density at radius 3 is 3.00 bits per heavy atom. The molecule has 0 aliphatic carbocycles. The quantitative estimate of drug-likeness (QED) is 0.667.